The summed E-state index contributed by atoms with van der Waals surface area (Å²) in [5.41, 5.74) is 0. The largest absolute Gasteiger partial charge is 0.381 e. The first-order chi connectivity index (χ1) is 9.56. The average Bonchev–Trinajstić information content (AvgIpc) is 2.99. The molecule has 0 aromatic carbocycles. The van der Waals surface area contributed by atoms with Gasteiger partial charge in [0.1, 0.15) is 0 Å². The second-order valence-corrected chi connectivity index (χ2v) is 7.61. The molecule has 1 fully saturated rings. The van der Waals surface area contributed by atoms with Crippen LogP contribution in [-0.4, -0.2) is 39.0 Å². The maximum absolute atomic E-state index is 12.4. The zero-order valence-electron chi connectivity index (χ0n) is 11.9. The lowest BCUT2D eigenvalue weighted by molar-refractivity contribution is 0.0601. The maximum Gasteiger partial charge on any atom is 0.280 e. The van der Waals surface area contributed by atoms with Gasteiger partial charge in [0, 0.05) is 25.1 Å². The van der Waals surface area contributed by atoms with Crippen LogP contribution >= 0.6 is 11.3 Å². The van der Waals surface area contributed by atoms with Gasteiger partial charge in [-0.25, -0.2) is 0 Å². The molecule has 0 spiro atoms. The van der Waals surface area contributed by atoms with Gasteiger partial charge in [-0.2, -0.15) is 17.4 Å². The lowest BCUT2D eigenvalue weighted by Crippen LogP contribution is -2.47. The van der Waals surface area contributed by atoms with Gasteiger partial charge in [0.2, 0.25) is 0 Å². The van der Waals surface area contributed by atoms with Crippen LogP contribution in [0.5, 0.6) is 0 Å². The number of ether oxygens (including phenoxy) is 1. The van der Waals surface area contributed by atoms with Crippen LogP contribution in [0.4, 0.5) is 0 Å². The zero-order chi connectivity index (χ0) is 14.6. The third kappa shape index (κ3) is 3.79. The molecule has 20 heavy (non-hydrogen) atoms. The lowest BCUT2D eigenvalue weighted by atomic mass is 10.1. The van der Waals surface area contributed by atoms with E-state index >= 15 is 0 Å². The molecule has 1 atom stereocenters. The summed E-state index contributed by atoms with van der Waals surface area (Å²) in [6, 6.07) is 3.78. The van der Waals surface area contributed by atoms with E-state index < -0.39 is 10.2 Å². The molecule has 2 rings (SSSR count). The van der Waals surface area contributed by atoms with Crippen molar-refractivity contribution in [3.63, 3.8) is 0 Å². The fraction of sp³-hybridized carbons (Fsp3) is 0.692. The molecule has 1 aliphatic heterocycles. The maximum atomic E-state index is 12.4. The van der Waals surface area contributed by atoms with Gasteiger partial charge in [-0.15, -0.1) is 11.3 Å². The Hall–Kier alpha value is -0.470. The highest BCUT2D eigenvalue weighted by atomic mass is 32.2. The molecule has 7 heteroatoms. The summed E-state index contributed by atoms with van der Waals surface area (Å²) in [6.07, 6.45) is 2.44. The van der Waals surface area contributed by atoms with Gasteiger partial charge in [-0.3, -0.25) is 0 Å². The highest BCUT2D eigenvalue weighted by Gasteiger charge is 2.29. The SMILES string of the molecule is CC[C@H](NS(=O)(=O)N1CCC(OC)CC1)c1cccs1. The van der Waals surface area contributed by atoms with Crippen molar-refractivity contribution in [2.24, 2.45) is 0 Å². The minimum Gasteiger partial charge on any atom is -0.381 e. The number of nitrogens with one attached hydrogen (secondary N) is 1. The molecule has 5 nitrogen and oxygen atoms in total. The number of nitrogens with zero attached hydrogens (tertiary/aromatic N) is 1. The number of piperidine rings is 1. The number of rotatable bonds is 6. The molecular weight excluding hydrogens is 296 g/mol. The van der Waals surface area contributed by atoms with Crippen LogP contribution in [0.3, 0.4) is 0 Å². The Bertz CT molecular complexity index is 494. The fourth-order valence-corrected chi connectivity index (χ4v) is 4.82. The first kappa shape index (κ1) is 15.9. The van der Waals surface area contributed by atoms with Crippen LogP contribution in [0.25, 0.3) is 0 Å². The lowest BCUT2D eigenvalue weighted by Gasteiger charge is -2.31. The van der Waals surface area contributed by atoms with E-state index in [2.05, 4.69) is 4.72 Å². The zero-order valence-corrected chi connectivity index (χ0v) is 13.5. The molecule has 1 N–H and O–H groups in total. The Morgan fingerprint density at radius 1 is 1.50 bits per heavy atom. The van der Waals surface area contributed by atoms with Crippen molar-refractivity contribution in [2.75, 3.05) is 20.2 Å². The van der Waals surface area contributed by atoms with E-state index in [0.29, 0.717) is 13.1 Å². The molecular formula is C13H22N2O3S2. The van der Waals surface area contributed by atoms with E-state index in [9.17, 15) is 8.42 Å². The van der Waals surface area contributed by atoms with Gasteiger partial charge >= 0.3 is 0 Å². The molecule has 1 aromatic rings. The second kappa shape index (κ2) is 7.00. The predicted molar refractivity (Wildman–Crippen MR) is 81.0 cm³/mol. The summed E-state index contributed by atoms with van der Waals surface area (Å²) in [5, 5.41) is 1.97. The van der Waals surface area contributed by atoms with Crippen LogP contribution in [-0.2, 0) is 14.9 Å². The van der Waals surface area contributed by atoms with E-state index in [1.165, 1.54) is 4.31 Å². The Balaban J connectivity index is 2.00. The highest BCUT2D eigenvalue weighted by molar-refractivity contribution is 7.87. The van der Waals surface area contributed by atoms with Gasteiger partial charge in [-0.05, 0) is 30.7 Å². The first-order valence-electron chi connectivity index (χ1n) is 6.90. The molecule has 2 heterocycles. The van der Waals surface area contributed by atoms with E-state index in [0.717, 1.165) is 24.1 Å². The van der Waals surface area contributed by atoms with E-state index in [1.54, 1.807) is 18.4 Å². The predicted octanol–water partition coefficient (Wildman–Crippen LogP) is 2.14. The van der Waals surface area contributed by atoms with Crippen molar-refractivity contribution < 1.29 is 13.2 Å². The van der Waals surface area contributed by atoms with Crippen molar-refractivity contribution >= 4 is 21.5 Å². The molecule has 1 saturated heterocycles. The van der Waals surface area contributed by atoms with Crippen molar-refractivity contribution in [1.82, 2.24) is 9.03 Å². The fourth-order valence-electron chi connectivity index (χ4n) is 2.39. The number of hydrogen-bond acceptors (Lipinski definition) is 4. The van der Waals surface area contributed by atoms with Gasteiger partial charge < -0.3 is 4.74 Å². The van der Waals surface area contributed by atoms with E-state index in [1.807, 2.05) is 24.4 Å². The van der Waals surface area contributed by atoms with Crippen LogP contribution in [0, 0.1) is 0 Å². The normalized spacial score (nSPS) is 20.1. The van der Waals surface area contributed by atoms with Crippen molar-refractivity contribution in [2.45, 2.75) is 38.3 Å². The third-order valence-corrected chi connectivity index (χ3v) is 6.27. The second-order valence-electron chi connectivity index (χ2n) is 4.93. The van der Waals surface area contributed by atoms with Crippen molar-refractivity contribution in [3.8, 4) is 0 Å². The minimum absolute atomic E-state index is 0.139. The smallest absolute Gasteiger partial charge is 0.280 e. The van der Waals surface area contributed by atoms with Crippen LogP contribution in [0.2, 0.25) is 0 Å². The van der Waals surface area contributed by atoms with Crippen molar-refractivity contribution in [3.05, 3.63) is 22.4 Å². The Morgan fingerprint density at radius 3 is 2.70 bits per heavy atom. The molecule has 0 amide bonds. The molecule has 0 radical (unpaired) electrons. The number of thiophene rings is 1. The Morgan fingerprint density at radius 2 is 2.20 bits per heavy atom. The third-order valence-electron chi connectivity index (χ3n) is 3.66. The van der Waals surface area contributed by atoms with Crippen LogP contribution in [0.1, 0.15) is 37.1 Å². The first-order valence-corrected chi connectivity index (χ1v) is 9.22. The molecule has 114 valence electrons. The van der Waals surface area contributed by atoms with Gasteiger partial charge in [-0.1, -0.05) is 13.0 Å². The summed E-state index contributed by atoms with van der Waals surface area (Å²) in [7, 11) is -1.74. The Labute approximate surface area is 125 Å². The number of hydrogen-bond donors (Lipinski definition) is 1. The topological polar surface area (TPSA) is 58.6 Å². The monoisotopic (exact) mass is 318 g/mol. The summed E-state index contributed by atoms with van der Waals surface area (Å²) in [5.74, 6) is 0. The Kier molecular flexibility index (Phi) is 5.57. The van der Waals surface area contributed by atoms with Crippen LogP contribution in [0.15, 0.2) is 17.5 Å². The molecule has 1 aliphatic rings. The summed E-state index contributed by atoms with van der Waals surface area (Å²) in [6.45, 7) is 3.04. The molecule has 0 saturated carbocycles. The van der Waals surface area contributed by atoms with Gasteiger partial charge in [0.05, 0.1) is 12.1 Å². The average molecular weight is 318 g/mol. The van der Waals surface area contributed by atoms with Gasteiger partial charge in [0.15, 0.2) is 0 Å². The number of methoxy groups -OCH3 is 1. The standard InChI is InChI=1S/C13H22N2O3S2/c1-3-12(13-5-4-10-19-13)14-20(16,17)15-8-6-11(18-2)7-9-15/h4-5,10-12,14H,3,6-9H2,1-2H3/t12-/m0/s1. The van der Waals surface area contributed by atoms with Crippen molar-refractivity contribution in [1.29, 1.82) is 0 Å². The van der Waals surface area contributed by atoms with E-state index in [-0.39, 0.29) is 12.1 Å². The van der Waals surface area contributed by atoms with Gasteiger partial charge in [0.25, 0.3) is 10.2 Å². The highest BCUT2D eigenvalue weighted by Crippen LogP contribution is 2.24. The van der Waals surface area contributed by atoms with E-state index in [4.69, 9.17) is 4.74 Å². The molecule has 0 unspecified atom stereocenters. The molecule has 1 aromatic heterocycles. The minimum atomic E-state index is -3.42. The summed E-state index contributed by atoms with van der Waals surface area (Å²) < 4.78 is 34.5. The summed E-state index contributed by atoms with van der Waals surface area (Å²) >= 11 is 1.58. The molecule has 0 aliphatic carbocycles. The summed E-state index contributed by atoms with van der Waals surface area (Å²) in [4.78, 5) is 1.06. The van der Waals surface area contributed by atoms with Crippen LogP contribution < -0.4 is 4.72 Å². The quantitative estimate of drug-likeness (QED) is 0.874. The molecule has 0 bridgehead atoms.